The van der Waals surface area contributed by atoms with Crippen molar-refractivity contribution in [3.63, 3.8) is 0 Å². The second kappa shape index (κ2) is 9.37. The highest BCUT2D eigenvalue weighted by atomic mass is 16.3. The lowest BCUT2D eigenvalue weighted by Gasteiger charge is -2.30. The third-order valence-corrected chi connectivity index (χ3v) is 11.7. The summed E-state index contributed by atoms with van der Waals surface area (Å²) < 4.78 is 6.83. The van der Waals surface area contributed by atoms with Crippen LogP contribution in [-0.4, -0.2) is 0 Å². The Kier molecular flexibility index (Phi) is 4.97. The van der Waals surface area contributed by atoms with E-state index in [2.05, 4.69) is 170 Å². The van der Waals surface area contributed by atoms with Crippen LogP contribution in [0.2, 0.25) is 0 Å². The number of fused-ring (bicyclic) bond motifs is 19. The van der Waals surface area contributed by atoms with Crippen molar-refractivity contribution >= 4 is 54.3 Å². The monoisotopic (exact) mass is 632 g/mol. The summed E-state index contributed by atoms with van der Waals surface area (Å²) in [6, 6.07) is 62.8. The van der Waals surface area contributed by atoms with Gasteiger partial charge in [0, 0.05) is 10.8 Å². The maximum Gasteiger partial charge on any atom is 0.136 e. The maximum absolute atomic E-state index is 6.83. The van der Waals surface area contributed by atoms with Gasteiger partial charge in [-0.25, -0.2) is 0 Å². The summed E-state index contributed by atoms with van der Waals surface area (Å²) in [4.78, 5) is 0. The Labute approximate surface area is 288 Å². The van der Waals surface area contributed by atoms with E-state index >= 15 is 0 Å². The van der Waals surface area contributed by atoms with Gasteiger partial charge in [-0.15, -0.1) is 0 Å². The fourth-order valence-corrected chi connectivity index (χ4v) is 9.63. The third-order valence-electron chi connectivity index (χ3n) is 11.7. The van der Waals surface area contributed by atoms with Gasteiger partial charge in [-0.1, -0.05) is 140 Å². The van der Waals surface area contributed by atoms with Crippen molar-refractivity contribution in [1.82, 2.24) is 0 Å². The van der Waals surface area contributed by atoms with Crippen molar-refractivity contribution in [1.29, 1.82) is 0 Å². The first-order chi connectivity index (χ1) is 24.8. The molecule has 0 radical (unpaired) electrons. The maximum atomic E-state index is 6.83. The van der Waals surface area contributed by atoms with Crippen LogP contribution in [0.1, 0.15) is 22.3 Å². The molecule has 0 saturated carbocycles. The summed E-state index contributed by atoms with van der Waals surface area (Å²) in [6.45, 7) is 0. The zero-order valence-electron chi connectivity index (χ0n) is 27.1. The van der Waals surface area contributed by atoms with Crippen LogP contribution in [0.25, 0.3) is 87.6 Å². The molecule has 0 aliphatic heterocycles. The van der Waals surface area contributed by atoms with Gasteiger partial charge in [-0.2, -0.15) is 0 Å². The number of rotatable bonds is 1. The van der Waals surface area contributed by atoms with Gasteiger partial charge in [0.05, 0.1) is 5.41 Å². The average molecular weight is 633 g/mol. The summed E-state index contributed by atoms with van der Waals surface area (Å²) in [6.07, 6.45) is 0. The molecule has 0 saturated heterocycles. The Morgan fingerprint density at radius 1 is 0.280 bits per heavy atom. The Bertz CT molecular complexity index is 3020. The minimum Gasteiger partial charge on any atom is -0.456 e. The predicted octanol–water partition coefficient (Wildman–Crippen LogP) is 13.1. The fourth-order valence-electron chi connectivity index (χ4n) is 9.63. The number of furan rings is 1. The molecule has 1 aromatic heterocycles. The van der Waals surface area contributed by atoms with Crippen molar-refractivity contribution in [3.8, 4) is 33.4 Å². The standard InChI is InChI=1S/C49H28O/c1-2-13-33-31(11-1)32-12-3-4-14-34(32)40-25-29(21-23-35(33)40)30-22-24-39-42-27-41-38-17-7-10-20-45(38)49(46(41)28-48(42)50-47(39)26-30)43-18-8-5-15-36(43)37-16-6-9-19-44(37)49/h1-28H. The summed E-state index contributed by atoms with van der Waals surface area (Å²) >= 11 is 0. The summed E-state index contributed by atoms with van der Waals surface area (Å²) in [5.74, 6) is 0. The van der Waals surface area contributed by atoms with E-state index in [4.69, 9.17) is 4.42 Å². The van der Waals surface area contributed by atoms with Crippen LogP contribution >= 0.6 is 0 Å². The molecule has 1 nitrogen and oxygen atoms in total. The lowest BCUT2D eigenvalue weighted by molar-refractivity contribution is 0.666. The molecular formula is C49H28O. The summed E-state index contributed by atoms with van der Waals surface area (Å²) in [5.41, 5.74) is 14.4. The lowest BCUT2D eigenvalue weighted by atomic mass is 9.70. The zero-order chi connectivity index (χ0) is 32.6. The van der Waals surface area contributed by atoms with Crippen molar-refractivity contribution in [2.45, 2.75) is 5.41 Å². The topological polar surface area (TPSA) is 13.1 Å². The van der Waals surface area contributed by atoms with E-state index in [-0.39, 0.29) is 5.41 Å². The first-order valence-corrected chi connectivity index (χ1v) is 17.4. The van der Waals surface area contributed by atoms with Crippen LogP contribution in [-0.2, 0) is 5.41 Å². The summed E-state index contributed by atoms with van der Waals surface area (Å²) in [5, 5.41) is 10.0. The second-order valence-electron chi connectivity index (χ2n) is 13.9. The normalized spacial score (nSPS) is 13.8. The highest BCUT2D eigenvalue weighted by Crippen LogP contribution is 2.63. The minimum absolute atomic E-state index is 0.379. The van der Waals surface area contributed by atoms with Gasteiger partial charge in [0.1, 0.15) is 11.2 Å². The first kappa shape index (κ1) is 26.5. The molecule has 10 aromatic rings. The van der Waals surface area contributed by atoms with Crippen LogP contribution in [0.15, 0.2) is 174 Å². The number of hydrogen-bond acceptors (Lipinski definition) is 1. The van der Waals surface area contributed by atoms with Crippen LogP contribution in [0.4, 0.5) is 0 Å². The molecule has 1 heteroatoms. The van der Waals surface area contributed by atoms with E-state index < -0.39 is 0 Å². The summed E-state index contributed by atoms with van der Waals surface area (Å²) in [7, 11) is 0. The molecule has 0 bridgehead atoms. The second-order valence-corrected chi connectivity index (χ2v) is 13.9. The van der Waals surface area contributed by atoms with E-state index in [1.54, 1.807) is 0 Å². The van der Waals surface area contributed by atoms with Gasteiger partial charge < -0.3 is 4.42 Å². The molecule has 12 rings (SSSR count). The molecule has 0 N–H and O–H groups in total. The Morgan fingerprint density at radius 2 is 0.720 bits per heavy atom. The van der Waals surface area contributed by atoms with Crippen LogP contribution < -0.4 is 0 Å². The van der Waals surface area contributed by atoms with E-state index in [0.717, 1.165) is 27.5 Å². The largest absolute Gasteiger partial charge is 0.456 e. The van der Waals surface area contributed by atoms with Crippen LogP contribution in [0, 0.1) is 0 Å². The lowest BCUT2D eigenvalue weighted by Crippen LogP contribution is -2.25. The van der Waals surface area contributed by atoms with Crippen molar-refractivity contribution in [2.75, 3.05) is 0 Å². The van der Waals surface area contributed by atoms with Crippen LogP contribution in [0.3, 0.4) is 0 Å². The van der Waals surface area contributed by atoms with Gasteiger partial charge in [0.2, 0.25) is 0 Å². The molecule has 50 heavy (non-hydrogen) atoms. The first-order valence-electron chi connectivity index (χ1n) is 17.4. The zero-order valence-corrected chi connectivity index (χ0v) is 27.1. The molecule has 230 valence electrons. The fraction of sp³-hybridized carbons (Fsp3) is 0.0204. The molecule has 0 unspecified atom stereocenters. The van der Waals surface area contributed by atoms with E-state index in [1.807, 2.05) is 0 Å². The molecule has 2 aliphatic rings. The average Bonchev–Trinajstić information content (AvgIpc) is 3.80. The molecule has 1 spiro atoms. The highest BCUT2D eigenvalue weighted by Gasteiger charge is 2.51. The molecule has 0 fully saturated rings. The van der Waals surface area contributed by atoms with E-state index in [0.29, 0.717) is 0 Å². The third kappa shape index (κ3) is 3.18. The molecule has 0 atom stereocenters. The number of benzene rings is 9. The van der Waals surface area contributed by atoms with Gasteiger partial charge in [0.15, 0.2) is 0 Å². The smallest absolute Gasteiger partial charge is 0.136 e. The van der Waals surface area contributed by atoms with Crippen molar-refractivity contribution < 1.29 is 4.42 Å². The van der Waals surface area contributed by atoms with Crippen molar-refractivity contribution in [3.05, 3.63) is 192 Å². The molecule has 2 aliphatic carbocycles. The van der Waals surface area contributed by atoms with Crippen LogP contribution in [0.5, 0.6) is 0 Å². The van der Waals surface area contributed by atoms with Gasteiger partial charge in [-0.05, 0) is 118 Å². The Balaban J connectivity index is 1.08. The van der Waals surface area contributed by atoms with Gasteiger partial charge in [-0.3, -0.25) is 0 Å². The predicted molar refractivity (Wildman–Crippen MR) is 208 cm³/mol. The molecular weight excluding hydrogens is 605 g/mol. The minimum atomic E-state index is -0.379. The molecule has 1 heterocycles. The SMILES string of the molecule is c1ccc2c(c1)-c1ccccc1C21c2ccccc2-c2cc3c(cc21)oc1cc(-c2ccc4c5ccccc5c5ccccc5c4c2)ccc13. The van der Waals surface area contributed by atoms with Crippen molar-refractivity contribution in [2.24, 2.45) is 0 Å². The van der Waals surface area contributed by atoms with Gasteiger partial charge >= 0.3 is 0 Å². The Hall–Kier alpha value is -6.44. The van der Waals surface area contributed by atoms with E-state index in [1.165, 1.54) is 82.4 Å². The molecule has 9 aromatic carbocycles. The quantitative estimate of drug-likeness (QED) is 0.164. The molecule has 0 amide bonds. The van der Waals surface area contributed by atoms with Gasteiger partial charge in [0.25, 0.3) is 0 Å². The Morgan fingerprint density at radius 3 is 1.32 bits per heavy atom. The number of hydrogen-bond donors (Lipinski definition) is 0. The van der Waals surface area contributed by atoms with E-state index in [9.17, 15) is 0 Å². The highest BCUT2D eigenvalue weighted by molar-refractivity contribution is 6.25.